The van der Waals surface area contributed by atoms with E-state index in [1.807, 2.05) is 12.1 Å². The van der Waals surface area contributed by atoms with Gasteiger partial charge in [-0.2, -0.15) is 4.31 Å². The summed E-state index contributed by atoms with van der Waals surface area (Å²) >= 11 is 12.3. The number of ether oxygens (including phenoxy) is 2. The second-order valence-corrected chi connectivity index (χ2v) is 8.58. The van der Waals surface area contributed by atoms with Gasteiger partial charge >= 0.3 is 0 Å². The summed E-state index contributed by atoms with van der Waals surface area (Å²) in [5, 5.41) is 0.242. The summed E-state index contributed by atoms with van der Waals surface area (Å²) in [6, 6.07) is 9.81. The van der Waals surface area contributed by atoms with Crippen LogP contribution >= 0.6 is 23.2 Å². The first-order valence-corrected chi connectivity index (χ1v) is 10.3. The maximum absolute atomic E-state index is 13.2. The number of rotatable bonds is 5. The van der Waals surface area contributed by atoms with E-state index in [9.17, 15) is 8.42 Å². The molecule has 3 rings (SSSR count). The molecule has 0 amide bonds. The van der Waals surface area contributed by atoms with Crippen LogP contribution in [0, 0.1) is 0 Å². The van der Waals surface area contributed by atoms with E-state index in [0.717, 1.165) is 12.0 Å². The van der Waals surface area contributed by atoms with E-state index in [1.54, 1.807) is 26.4 Å². The molecule has 1 aliphatic heterocycles. The molecule has 0 bridgehead atoms. The molecule has 5 nitrogen and oxygen atoms in total. The lowest BCUT2D eigenvalue weighted by atomic mass is 10.0. The van der Waals surface area contributed by atoms with Gasteiger partial charge in [0, 0.05) is 6.54 Å². The molecule has 0 saturated carbocycles. The van der Waals surface area contributed by atoms with Crippen molar-refractivity contribution >= 4 is 33.2 Å². The minimum Gasteiger partial charge on any atom is -0.493 e. The fraction of sp³-hybridized carbons (Fsp3) is 0.333. The number of nitrogens with zero attached hydrogens (tertiary/aromatic N) is 1. The summed E-state index contributed by atoms with van der Waals surface area (Å²) in [5.41, 5.74) is 0.840. The number of hydrogen-bond donors (Lipinski definition) is 0. The maximum Gasteiger partial charge on any atom is 0.246 e. The summed E-state index contributed by atoms with van der Waals surface area (Å²) in [6.07, 6.45) is 1.46. The van der Waals surface area contributed by atoms with Crippen LogP contribution < -0.4 is 9.47 Å². The van der Waals surface area contributed by atoms with Crippen LogP contribution in [0.25, 0.3) is 0 Å². The predicted molar refractivity (Wildman–Crippen MR) is 102 cm³/mol. The van der Waals surface area contributed by atoms with Gasteiger partial charge in [0.2, 0.25) is 10.0 Å². The Labute approximate surface area is 163 Å². The van der Waals surface area contributed by atoms with Crippen molar-refractivity contribution in [3.63, 3.8) is 0 Å². The third-order valence-electron chi connectivity index (χ3n) is 4.48. The molecular formula is C18H19Cl2NO4S. The summed E-state index contributed by atoms with van der Waals surface area (Å²) in [6.45, 7) is 0.406. The summed E-state index contributed by atoms with van der Waals surface area (Å²) in [4.78, 5) is -0.0456. The van der Waals surface area contributed by atoms with Crippen molar-refractivity contribution in [2.45, 2.75) is 23.8 Å². The number of benzene rings is 2. The van der Waals surface area contributed by atoms with E-state index >= 15 is 0 Å². The Kier molecular flexibility index (Phi) is 5.67. The van der Waals surface area contributed by atoms with Crippen molar-refractivity contribution in [2.24, 2.45) is 0 Å². The zero-order valence-electron chi connectivity index (χ0n) is 14.4. The average Bonchev–Trinajstić information content (AvgIpc) is 3.11. The van der Waals surface area contributed by atoms with E-state index < -0.39 is 10.0 Å². The first kappa shape index (κ1) is 19.3. The van der Waals surface area contributed by atoms with Crippen molar-refractivity contribution < 1.29 is 17.9 Å². The smallest absolute Gasteiger partial charge is 0.246 e. The van der Waals surface area contributed by atoms with Gasteiger partial charge in [0.1, 0.15) is 4.90 Å². The molecule has 1 saturated heterocycles. The lowest BCUT2D eigenvalue weighted by molar-refractivity contribution is 0.351. The molecule has 0 spiro atoms. The van der Waals surface area contributed by atoms with Crippen LogP contribution in [0.1, 0.15) is 24.4 Å². The Hall–Kier alpha value is -1.47. The number of methoxy groups -OCH3 is 2. The number of hydrogen-bond acceptors (Lipinski definition) is 4. The van der Waals surface area contributed by atoms with Crippen LogP contribution in [0.2, 0.25) is 10.0 Å². The van der Waals surface area contributed by atoms with Gasteiger partial charge in [0.15, 0.2) is 11.5 Å². The lowest BCUT2D eigenvalue weighted by Crippen LogP contribution is -2.31. The van der Waals surface area contributed by atoms with Crippen LogP contribution in [-0.2, 0) is 10.0 Å². The van der Waals surface area contributed by atoms with Gasteiger partial charge in [-0.15, -0.1) is 0 Å². The molecule has 1 aliphatic rings. The third-order valence-corrected chi connectivity index (χ3v) is 7.35. The van der Waals surface area contributed by atoms with E-state index in [0.29, 0.717) is 24.5 Å². The van der Waals surface area contributed by atoms with Crippen LogP contribution in [0.5, 0.6) is 11.5 Å². The number of sulfonamides is 1. The summed E-state index contributed by atoms with van der Waals surface area (Å²) in [7, 11) is -0.727. The standard InChI is InChI=1S/C18H19Cl2NO4S/c1-24-16-9-8-12(11-17(16)25-2)15-7-4-10-21(15)26(22,23)18-13(19)5-3-6-14(18)20/h3,5-6,8-9,11,15H,4,7,10H2,1-2H3. The Morgan fingerprint density at radius 1 is 1.04 bits per heavy atom. The molecule has 1 unspecified atom stereocenters. The van der Waals surface area contributed by atoms with Gasteiger partial charge < -0.3 is 9.47 Å². The molecule has 1 fully saturated rings. The Balaban J connectivity index is 2.03. The molecule has 2 aromatic rings. The molecule has 2 aromatic carbocycles. The largest absolute Gasteiger partial charge is 0.493 e. The van der Waals surface area contributed by atoms with Crippen molar-refractivity contribution in [1.29, 1.82) is 0 Å². The van der Waals surface area contributed by atoms with Crippen molar-refractivity contribution in [2.75, 3.05) is 20.8 Å². The number of halogens is 2. The molecule has 0 radical (unpaired) electrons. The van der Waals surface area contributed by atoms with Gasteiger partial charge in [0.25, 0.3) is 0 Å². The molecule has 140 valence electrons. The fourth-order valence-electron chi connectivity index (χ4n) is 3.27. The highest BCUT2D eigenvalue weighted by Gasteiger charge is 2.38. The minimum atomic E-state index is -3.84. The topological polar surface area (TPSA) is 55.8 Å². The third kappa shape index (κ3) is 3.39. The fourth-order valence-corrected chi connectivity index (χ4v) is 6.04. The van der Waals surface area contributed by atoms with E-state index in [4.69, 9.17) is 32.7 Å². The van der Waals surface area contributed by atoms with E-state index in [1.165, 1.54) is 16.4 Å². The quantitative estimate of drug-likeness (QED) is 0.719. The highest BCUT2D eigenvalue weighted by molar-refractivity contribution is 7.89. The second kappa shape index (κ2) is 7.64. The van der Waals surface area contributed by atoms with E-state index in [2.05, 4.69) is 0 Å². The van der Waals surface area contributed by atoms with Gasteiger partial charge in [-0.25, -0.2) is 8.42 Å². The first-order valence-electron chi connectivity index (χ1n) is 8.08. The molecule has 8 heteroatoms. The normalized spacial score (nSPS) is 18.1. The highest BCUT2D eigenvalue weighted by atomic mass is 35.5. The zero-order valence-corrected chi connectivity index (χ0v) is 16.7. The lowest BCUT2D eigenvalue weighted by Gasteiger charge is -2.26. The van der Waals surface area contributed by atoms with Gasteiger partial charge in [-0.3, -0.25) is 0 Å². The van der Waals surface area contributed by atoms with Crippen LogP contribution in [-0.4, -0.2) is 33.5 Å². The first-order chi connectivity index (χ1) is 12.4. The predicted octanol–water partition coefficient (Wildman–Crippen LogP) is 4.54. The monoisotopic (exact) mass is 415 g/mol. The Bertz CT molecular complexity index is 897. The molecule has 0 aliphatic carbocycles. The molecular weight excluding hydrogens is 397 g/mol. The van der Waals surface area contributed by atoms with Crippen LogP contribution in [0.15, 0.2) is 41.3 Å². The summed E-state index contributed by atoms with van der Waals surface area (Å²) < 4.78 is 38.5. The SMILES string of the molecule is COc1ccc(C2CCCN2S(=O)(=O)c2c(Cl)cccc2Cl)cc1OC. The van der Waals surface area contributed by atoms with Crippen molar-refractivity contribution in [3.05, 3.63) is 52.0 Å². The van der Waals surface area contributed by atoms with Crippen molar-refractivity contribution in [3.8, 4) is 11.5 Å². The Morgan fingerprint density at radius 3 is 2.31 bits per heavy atom. The molecule has 1 heterocycles. The molecule has 0 N–H and O–H groups in total. The van der Waals surface area contributed by atoms with E-state index in [-0.39, 0.29) is 21.0 Å². The average molecular weight is 416 g/mol. The van der Waals surface area contributed by atoms with Gasteiger partial charge in [0.05, 0.1) is 30.3 Å². The van der Waals surface area contributed by atoms with Crippen LogP contribution in [0.4, 0.5) is 0 Å². The molecule has 26 heavy (non-hydrogen) atoms. The highest BCUT2D eigenvalue weighted by Crippen LogP contribution is 2.42. The molecule has 0 aromatic heterocycles. The zero-order chi connectivity index (χ0) is 18.9. The van der Waals surface area contributed by atoms with Gasteiger partial charge in [-0.1, -0.05) is 35.3 Å². The molecule has 1 atom stereocenters. The van der Waals surface area contributed by atoms with Crippen LogP contribution in [0.3, 0.4) is 0 Å². The maximum atomic E-state index is 13.2. The van der Waals surface area contributed by atoms with Crippen molar-refractivity contribution in [1.82, 2.24) is 4.31 Å². The second-order valence-electron chi connectivity index (χ2n) is 5.94. The van der Waals surface area contributed by atoms with Gasteiger partial charge in [-0.05, 0) is 42.7 Å². The minimum absolute atomic E-state index is 0.0456. The Morgan fingerprint density at radius 2 is 1.69 bits per heavy atom. The summed E-state index contributed by atoms with van der Waals surface area (Å²) in [5.74, 6) is 1.16.